The van der Waals surface area contributed by atoms with E-state index in [-0.39, 0.29) is 5.82 Å². The number of methoxy groups -OCH3 is 1. The average Bonchev–Trinajstić information content (AvgIpc) is 2.26. The Morgan fingerprint density at radius 2 is 2.20 bits per heavy atom. The third-order valence-corrected chi connectivity index (χ3v) is 2.61. The molecule has 1 heterocycles. The number of nitrogens with zero attached hydrogens (tertiary/aromatic N) is 1. The fourth-order valence-electron chi connectivity index (χ4n) is 1.83. The molecule has 0 saturated heterocycles. The first-order valence-electron chi connectivity index (χ1n) is 5.42. The molecule has 15 heavy (non-hydrogen) atoms. The van der Waals surface area contributed by atoms with Gasteiger partial charge < -0.3 is 4.74 Å². The Balaban J connectivity index is 3.02. The highest BCUT2D eigenvalue weighted by atomic mass is 19.1. The number of hydrogen-bond donors (Lipinski definition) is 0. The molecule has 0 radical (unpaired) electrons. The summed E-state index contributed by atoms with van der Waals surface area (Å²) in [5.74, 6) is 0.602. The molecule has 2 nitrogen and oxygen atoms in total. The Labute approximate surface area is 90.5 Å². The molecule has 0 aliphatic carbocycles. The molecule has 0 N–H and O–H groups in total. The van der Waals surface area contributed by atoms with Crippen LogP contribution in [0.25, 0.3) is 0 Å². The van der Waals surface area contributed by atoms with Crippen LogP contribution in [0, 0.1) is 5.82 Å². The zero-order chi connectivity index (χ0) is 11.3. The molecule has 1 atom stereocenters. The SMILES string of the molecule is CCCC(CC)c1cc(F)cnc1OC. The lowest BCUT2D eigenvalue weighted by Gasteiger charge is -2.16. The Bertz CT molecular complexity index is 314. The number of ether oxygens (including phenoxy) is 1. The predicted octanol–water partition coefficient (Wildman–Crippen LogP) is 3.52. The lowest BCUT2D eigenvalue weighted by Crippen LogP contribution is -2.03. The Hall–Kier alpha value is -1.12. The van der Waals surface area contributed by atoms with E-state index >= 15 is 0 Å². The van der Waals surface area contributed by atoms with Crippen LogP contribution in [0.3, 0.4) is 0 Å². The molecule has 3 heteroatoms. The summed E-state index contributed by atoms with van der Waals surface area (Å²) in [6.45, 7) is 4.23. The van der Waals surface area contributed by atoms with Crippen molar-refractivity contribution in [3.8, 4) is 5.88 Å². The van der Waals surface area contributed by atoms with Gasteiger partial charge in [0.25, 0.3) is 0 Å². The summed E-state index contributed by atoms with van der Waals surface area (Å²) in [4.78, 5) is 3.95. The largest absolute Gasteiger partial charge is 0.481 e. The van der Waals surface area contributed by atoms with Gasteiger partial charge in [-0.3, -0.25) is 0 Å². The molecule has 0 aliphatic heterocycles. The maximum Gasteiger partial charge on any atom is 0.216 e. The zero-order valence-electron chi connectivity index (χ0n) is 9.59. The number of hydrogen-bond acceptors (Lipinski definition) is 2. The van der Waals surface area contributed by atoms with Crippen molar-refractivity contribution in [3.63, 3.8) is 0 Å². The van der Waals surface area contributed by atoms with Crippen LogP contribution in [-0.2, 0) is 0 Å². The van der Waals surface area contributed by atoms with Crippen LogP contribution >= 0.6 is 0 Å². The first-order chi connectivity index (χ1) is 7.22. The summed E-state index contributed by atoms with van der Waals surface area (Å²) < 4.78 is 18.3. The molecule has 0 aromatic carbocycles. The molecule has 0 saturated carbocycles. The fraction of sp³-hybridized carbons (Fsp3) is 0.583. The normalized spacial score (nSPS) is 12.5. The molecule has 1 aromatic heterocycles. The fourth-order valence-corrected chi connectivity index (χ4v) is 1.83. The Kier molecular flexibility index (Phi) is 4.53. The van der Waals surface area contributed by atoms with E-state index in [1.54, 1.807) is 7.11 Å². The molecule has 1 rings (SSSR count). The summed E-state index contributed by atoms with van der Waals surface area (Å²) in [5, 5.41) is 0. The van der Waals surface area contributed by atoms with Crippen LogP contribution in [0.2, 0.25) is 0 Å². The maximum atomic E-state index is 13.1. The van der Waals surface area contributed by atoms with Gasteiger partial charge in [-0.2, -0.15) is 0 Å². The predicted molar refractivity (Wildman–Crippen MR) is 58.7 cm³/mol. The van der Waals surface area contributed by atoms with E-state index < -0.39 is 0 Å². The zero-order valence-corrected chi connectivity index (χ0v) is 9.59. The van der Waals surface area contributed by atoms with Crippen LogP contribution in [-0.4, -0.2) is 12.1 Å². The smallest absolute Gasteiger partial charge is 0.216 e. The van der Waals surface area contributed by atoms with Crippen molar-refractivity contribution in [2.75, 3.05) is 7.11 Å². The monoisotopic (exact) mass is 211 g/mol. The standard InChI is InChI=1S/C12H18FNO/c1-4-6-9(5-2)11-7-10(13)8-14-12(11)15-3/h7-9H,4-6H2,1-3H3. The van der Waals surface area contributed by atoms with Gasteiger partial charge in [0.15, 0.2) is 0 Å². The highest BCUT2D eigenvalue weighted by Gasteiger charge is 2.15. The molecular weight excluding hydrogens is 193 g/mol. The van der Waals surface area contributed by atoms with Crippen molar-refractivity contribution in [1.82, 2.24) is 4.98 Å². The lowest BCUT2D eigenvalue weighted by molar-refractivity contribution is 0.382. The van der Waals surface area contributed by atoms with Crippen LogP contribution in [0.1, 0.15) is 44.6 Å². The minimum absolute atomic E-state index is 0.291. The minimum atomic E-state index is -0.291. The summed E-state index contributed by atoms with van der Waals surface area (Å²) in [6.07, 6.45) is 4.30. The van der Waals surface area contributed by atoms with Gasteiger partial charge in [-0.05, 0) is 24.8 Å². The molecule has 1 aromatic rings. The Morgan fingerprint density at radius 1 is 1.47 bits per heavy atom. The van der Waals surface area contributed by atoms with Crippen LogP contribution < -0.4 is 4.74 Å². The third kappa shape index (κ3) is 2.91. The number of pyridine rings is 1. The summed E-state index contributed by atoms with van der Waals surface area (Å²) in [7, 11) is 1.57. The molecule has 0 aliphatic rings. The van der Waals surface area contributed by atoms with Gasteiger partial charge in [0.05, 0.1) is 13.3 Å². The second kappa shape index (κ2) is 5.69. The van der Waals surface area contributed by atoms with Gasteiger partial charge >= 0.3 is 0 Å². The molecule has 0 spiro atoms. The number of rotatable bonds is 5. The van der Waals surface area contributed by atoms with Crippen molar-refractivity contribution < 1.29 is 9.13 Å². The highest BCUT2D eigenvalue weighted by Crippen LogP contribution is 2.31. The van der Waals surface area contributed by atoms with Gasteiger partial charge in [0.2, 0.25) is 5.88 Å². The summed E-state index contributed by atoms with van der Waals surface area (Å²) in [5.41, 5.74) is 0.891. The van der Waals surface area contributed by atoms with Crippen LogP contribution in [0.5, 0.6) is 5.88 Å². The molecular formula is C12H18FNO. The van der Waals surface area contributed by atoms with Crippen molar-refractivity contribution in [1.29, 1.82) is 0 Å². The van der Waals surface area contributed by atoms with Gasteiger partial charge in [-0.25, -0.2) is 9.37 Å². The highest BCUT2D eigenvalue weighted by molar-refractivity contribution is 5.29. The van der Waals surface area contributed by atoms with E-state index in [1.807, 2.05) is 0 Å². The number of halogens is 1. The van der Waals surface area contributed by atoms with Crippen molar-refractivity contribution in [3.05, 3.63) is 23.6 Å². The minimum Gasteiger partial charge on any atom is -0.481 e. The molecule has 0 bridgehead atoms. The van der Waals surface area contributed by atoms with E-state index in [1.165, 1.54) is 12.3 Å². The van der Waals surface area contributed by atoms with Crippen molar-refractivity contribution in [2.45, 2.75) is 39.0 Å². The summed E-state index contributed by atoms with van der Waals surface area (Å²) >= 11 is 0. The molecule has 0 fully saturated rings. The molecule has 84 valence electrons. The van der Waals surface area contributed by atoms with E-state index in [4.69, 9.17) is 4.74 Å². The van der Waals surface area contributed by atoms with Gasteiger partial charge in [-0.1, -0.05) is 20.3 Å². The van der Waals surface area contributed by atoms with Crippen LogP contribution in [0.15, 0.2) is 12.3 Å². The van der Waals surface area contributed by atoms with Gasteiger partial charge in [-0.15, -0.1) is 0 Å². The lowest BCUT2D eigenvalue weighted by atomic mass is 9.93. The van der Waals surface area contributed by atoms with Crippen molar-refractivity contribution >= 4 is 0 Å². The third-order valence-electron chi connectivity index (χ3n) is 2.61. The second-order valence-corrected chi connectivity index (χ2v) is 3.65. The van der Waals surface area contributed by atoms with Gasteiger partial charge in [0, 0.05) is 5.56 Å². The average molecular weight is 211 g/mol. The summed E-state index contributed by atoms with van der Waals surface area (Å²) in [6, 6.07) is 1.54. The maximum absolute atomic E-state index is 13.1. The first-order valence-corrected chi connectivity index (χ1v) is 5.42. The Morgan fingerprint density at radius 3 is 2.73 bits per heavy atom. The van der Waals surface area contributed by atoms with Crippen molar-refractivity contribution in [2.24, 2.45) is 0 Å². The first kappa shape index (κ1) is 12.0. The van der Waals surface area contributed by atoms with E-state index in [9.17, 15) is 4.39 Å². The molecule has 1 unspecified atom stereocenters. The topological polar surface area (TPSA) is 22.1 Å². The van der Waals surface area contributed by atoms with E-state index in [0.29, 0.717) is 11.8 Å². The number of aromatic nitrogens is 1. The van der Waals surface area contributed by atoms with E-state index in [2.05, 4.69) is 18.8 Å². The second-order valence-electron chi connectivity index (χ2n) is 3.65. The van der Waals surface area contributed by atoms with Gasteiger partial charge in [0.1, 0.15) is 5.82 Å². The molecule has 0 amide bonds. The quantitative estimate of drug-likeness (QED) is 0.743. The van der Waals surface area contributed by atoms with Crippen LogP contribution in [0.4, 0.5) is 4.39 Å². The van der Waals surface area contributed by atoms with E-state index in [0.717, 1.165) is 24.8 Å².